The van der Waals surface area contributed by atoms with Crippen molar-refractivity contribution in [2.45, 2.75) is 38.6 Å². The maximum atomic E-state index is 4.36. The second kappa shape index (κ2) is 4.75. The molecular weight excluding hydrogens is 184 g/mol. The Morgan fingerprint density at radius 3 is 2.87 bits per heavy atom. The van der Waals surface area contributed by atoms with Crippen molar-refractivity contribution in [2.75, 3.05) is 7.05 Å². The largest absolute Gasteiger partial charge is 0.313 e. The Balaban J connectivity index is 2.07. The molecule has 1 unspecified atom stereocenters. The molecule has 0 amide bonds. The Hall–Kier alpha value is -0.890. The number of hydrogen-bond acceptors (Lipinski definition) is 2. The summed E-state index contributed by atoms with van der Waals surface area (Å²) in [5, 5.41) is 3.42. The van der Waals surface area contributed by atoms with Crippen LogP contribution in [0.3, 0.4) is 0 Å². The molecule has 0 spiro atoms. The van der Waals surface area contributed by atoms with Gasteiger partial charge in [0, 0.05) is 17.9 Å². The van der Waals surface area contributed by atoms with Crippen LogP contribution in [0, 0.1) is 12.8 Å². The average Bonchev–Trinajstić information content (AvgIpc) is 2.19. The van der Waals surface area contributed by atoms with Gasteiger partial charge in [0.2, 0.25) is 0 Å². The zero-order valence-electron chi connectivity index (χ0n) is 9.66. The van der Waals surface area contributed by atoms with E-state index < -0.39 is 0 Å². The Morgan fingerprint density at radius 2 is 2.33 bits per heavy atom. The zero-order valence-corrected chi connectivity index (χ0v) is 9.66. The molecule has 0 aliphatic heterocycles. The molecule has 1 N–H and O–H groups in total. The van der Waals surface area contributed by atoms with Gasteiger partial charge >= 0.3 is 0 Å². The molecule has 15 heavy (non-hydrogen) atoms. The summed E-state index contributed by atoms with van der Waals surface area (Å²) in [6.07, 6.45) is 7.39. The summed E-state index contributed by atoms with van der Waals surface area (Å²) in [5.74, 6) is 0.932. The Kier molecular flexibility index (Phi) is 3.37. The van der Waals surface area contributed by atoms with Gasteiger partial charge in [-0.2, -0.15) is 0 Å². The molecule has 82 valence electrons. The molecule has 1 aliphatic rings. The van der Waals surface area contributed by atoms with E-state index in [0.717, 1.165) is 11.6 Å². The van der Waals surface area contributed by atoms with Gasteiger partial charge in [-0.05, 0) is 37.9 Å². The number of nitrogens with zero attached hydrogens (tertiary/aromatic N) is 1. The van der Waals surface area contributed by atoms with Crippen molar-refractivity contribution in [3.05, 3.63) is 29.6 Å². The molecule has 2 heteroatoms. The standard InChI is InChI=1S/C13H20N2/c1-10-12(7-4-8-15-10)13(14-2)9-11-5-3-6-11/h4,7-8,11,13-14H,3,5-6,9H2,1-2H3. The summed E-state index contributed by atoms with van der Waals surface area (Å²) in [7, 11) is 2.05. The zero-order chi connectivity index (χ0) is 10.7. The fourth-order valence-corrected chi connectivity index (χ4v) is 2.33. The van der Waals surface area contributed by atoms with Gasteiger partial charge in [-0.15, -0.1) is 0 Å². The van der Waals surface area contributed by atoms with Crippen molar-refractivity contribution < 1.29 is 0 Å². The molecule has 0 saturated heterocycles. The van der Waals surface area contributed by atoms with Crippen molar-refractivity contribution in [3.63, 3.8) is 0 Å². The van der Waals surface area contributed by atoms with E-state index in [0.29, 0.717) is 6.04 Å². The van der Waals surface area contributed by atoms with Crippen molar-refractivity contribution in [1.29, 1.82) is 0 Å². The third kappa shape index (κ3) is 2.37. The average molecular weight is 204 g/mol. The molecule has 0 aromatic carbocycles. The van der Waals surface area contributed by atoms with Crippen LogP contribution in [-0.4, -0.2) is 12.0 Å². The number of aromatic nitrogens is 1. The van der Waals surface area contributed by atoms with E-state index in [4.69, 9.17) is 0 Å². The first-order valence-electron chi connectivity index (χ1n) is 5.90. The maximum absolute atomic E-state index is 4.36. The molecule has 0 radical (unpaired) electrons. The molecule has 1 aromatic rings. The fraction of sp³-hybridized carbons (Fsp3) is 0.615. The summed E-state index contributed by atoms with van der Waals surface area (Å²) in [4.78, 5) is 4.36. The van der Waals surface area contributed by atoms with Crippen LogP contribution in [0.2, 0.25) is 0 Å². The van der Waals surface area contributed by atoms with Gasteiger partial charge < -0.3 is 5.32 Å². The molecule has 1 heterocycles. The number of hydrogen-bond donors (Lipinski definition) is 1. The third-order valence-corrected chi connectivity index (χ3v) is 3.57. The topological polar surface area (TPSA) is 24.9 Å². The number of rotatable bonds is 4. The summed E-state index contributed by atoms with van der Waals surface area (Å²) in [6.45, 7) is 2.10. The number of pyridine rings is 1. The normalized spacial score (nSPS) is 18.5. The molecule has 1 atom stereocenters. The van der Waals surface area contributed by atoms with Crippen LogP contribution in [0.15, 0.2) is 18.3 Å². The van der Waals surface area contributed by atoms with Gasteiger partial charge in [-0.3, -0.25) is 4.98 Å². The number of aryl methyl sites for hydroxylation is 1. The van der Waals surface area contributed by atoms with E-state index >= 15 is 0 Å². The monoisotopic (exact) mass is 204 g/mol. The lowest BCUT2D eigenvalue weighted by Crippen LogP contribution is -2.24. The molecule has 0 bridgehead atoms. The first-order chi connectivity index (χ1) is 7.31. The predicted molar refractivity (Wildman–Crippen MR) is 62.7 cm³/mol. The predicted octanol–water partition coefficient (Wildman–Crippen LogP) is 2.84. The highest BCUT2D eigenvalue weighted by Crippen LogP contribution is 2.34. The number of nitrogens with one attached hydrogen (secondary N) is 1. The van der Waals surface area contributed by atoms with Crippen LogP contribution in [0.1, 0.15) is 43.0 Å². The summed E-state index contributed by atoms with van der Waals surface area (Å²) in [5.41, 5.74) is 2.53. The van der Waals surface area contributed by atoms with Crippen LogP contribution >= 0.6 is 0 Å². The SMILES string of the molecule is CNC(CC1CCC1)c1cccnc1C. The Labute approximate surface area is 92.1 Å². The summed E-state index contributed by atoms with van der Waals surface area (Å²) < 4.78 is 0. The second-order valence-electron chi connectivity index (χ2n) is 4.55. The smallest absolute Gasteiger partial charge is 0.0420 e. The van der Waals surface area contributed by atoms with Gasteiger partial charge in [-0.1, -0.05) is 25.3 Å². The van der Waals surface area contributed by atoms with Gasteiger partial charge in [0.25, 0.3) is 0 Å². The fourth-order valence-electron chi connectivity index (χ4n) is 2.33. The lowest BCUT2D eigenvalue weighted by Gasteiger charge is -2.30. The Bertz CT molecular complexity index is 318. The highest BCUT2D eigenvalue weighted by atomic mass is 14.9. The van der Waals surface area contributed by atoms with Gasteiger partial charge in [0.1, 0.15) is 0 Å². The summed E-state index contributed by atoms with van der Waals surface area (Å²) in [6, 6.07) is 4.72. The van der Waals surface area contributed by atoms with Crippen LogP contribution in [-0.2, 0) is 0 Å². The minimum atomic E-state index is 0.490. The molecule has 1 aromatic heterocycles. The lowest BCUT2D eigenvalue weighted by atomic mass is 9.79. The van der Waals surface area contributed by atoms with E-state index in [1.165, 1.54) is 31.2 Å². The van der Waals surface area contributed by atoms with Gasteiger partial charge in [-0.25, -0.2) is 0 Å². The minimum Gasteiger partial charge on any atom is -0.313 e. The van der Waals surface area contributed by atoms with Crippen LogP contribution < -0.4 is 5.32 Å². The van der Waals surface area contributed by atoms with E-state index in [2.05, 4.69) is 30.3 Å². The van der Waals surface area contributed by atoms with Crippen LogP contribution in [0.4, 0.5) is 0 Å². The first kappa shape index (κ1) is 10.6. The van der Waals surface area contributed by atoms with Gasteiger partial charge in [0.15, 0.2) is 0 Å². The molecule has 2 nitrogen and oxygen atoms in total. The highest BCUT2D eigenvalue weighted by molar-refractivity contribution is 5.22. The van der Waals surface area contributed by atoms with Crippen molar-refractivity contribution in [3.8, 4) is 0 Å². The Morgan fingerprint density at radius 1 is 1.53 bits per heavy atom. The third-order valence-electron chi connectivity index (χ3n) is 3.57. The van der Waals surface area contributed by atoms with Crippen molar-refractivity contribution >= 4 is 0 Å². The van der Waals surface area contributed by atoms with E-state index in [-0.39, 0.29) is 0 Å². The molecule has 1 aliphatic carbocycles. The van der Waals surface area contributed by atoms with Crippen molar-refractivity contribution in [1.82, 2.24) is 10.3 Å². The van der Waals surface area contributed by atoms with Crippen molar-refractivity contribution in [2.24, 2.45) is 5.92 Å². The van der Waals surface area contributed by atoms with Gasteiger partial charge in [0.05, 0.1) is 0 Å². The van der Waals surface area contributed by atoms with E-state index in [9.17, 15) is 0 Å². The first-order valence-corrected chi connectivity index (χ1v) is 5.90. The van der Waals surface area contributed by atoms with Crippen LogP contribution in [0.5, 0.6) is 0 Å². The molecular formula is C13H20N2. The molecule has 1 saturated carbocycles. The molecule has 1 fully saturated rings. The second-order valence-corrected chi connectivity index (χ2v) is 4.55. The quantitative estimate of drug-likeness (QED) is 0.815. The minimum absolute atomic E-state index is 0.490. The maximum Gasteiger partial charge on any atom is 0.0420 e. The van der Waals surface area contributed by atoms with Crippen LogP contribution in [0.25, 0.3) is 0 Å². The lowest BCUT2D eigenvalue weighted by molar-refractivity contribution is 0.265. The molecule has 2 rings (SSSR count). The van der Waals surface area contributed by atoms with E-state index in [1.807, 2.05) is 12.3 Å². The highest BCUT2D eigenvalue weighted by Gasteiger charge is 2.22. The van der Waals surface area contributed by atoms with E-state index in [1.54, 1.807) is 0 Å². The summed E-state index contributed by atoms with van der Waals surface area (Å²) >= 11 is 0.